The van der Waals surface area contributed by atoms with E-state index in [9.17, 15) is 9.90 Å². The van der Waals surface area contributed by atoms with Gasteiger partial charge in [-0.05, 0) is 36.4 Å². The zero-order valence-electron chi connectivity index (χ0n) is 16.6. The quantitative estimate of drug-likeness (QED) is 0.462. The van der Waals surface area contributed by atoms with E-state index in [0.717, 1.165) is 17.1 Å². The van der Waals surface area contributed by atoms with E-state index in [-0.39, 0.29) is 12.5 Å². The summed E-state index contributed by atoms with van der Waals surface area (Å²) in [5.41, 5.74) is 3.11. The van der Waals surface area contributed by atoms with E-state index >= 15 is 0 Å². The Labute approximate surface area is 175 Å². The molecule has 8 heteroatoms. The number of hydrogen-bond acceptors (Lipinski definition) is 7. The summed E-state index contributed by atoms with van der Waals surface area (Å²) in [6, 6.07) is 15.2. The Morgan fingerprint density at radius 2 is 1.50 bits per heavy atom. The first-order valence-electron chi connectivity index (χ1n) is 9.68. The molecule has 0 saturated carbocycles. The molecule has 0 unspecified atom stereocenters. The van der Waals surface area contributed by atoms with Crippen molar-refractivity contribution in [1.82, 2.24) is 25.2 Å². The molecule has 0 radical (unpaired) electrons. The normalized spacial score (nSPS) is 12.0. The molecule has 30 heavy (non-hydrogen) atoms. The van der Waals surface area contributed by atoms with Crippen LogP contribution in [0.5, 0.6) is 0 Å². The third-order valence-electron chi connectivity index (χ3n) is 4.41. The van der Waals surface area contributed by atoms with Crippen molar-refractivity contribution in [1.29, 1.82) is 0 Å². The van der Waals surface area contributed by atoms with Crippen molar-refractivity contribution in [2.75, 3.05) is 13.2 Å². The fraction of sp³-hybridized carbons (Fsp3) is 0.273. The first kappa shape index (κ1) is 21.5. The highest BCUT2D eigenvalue weighted by Crippen LogP contribution is 2.11. The van der Waals surface area contributed by atoms with E-state index in [1.807, 2.05) is 36.4 Å². The first-order chi connectivity index (χ1) is 14.6. The topological polar surface area (TPSA) is 111 Å². The average Bonchev–Trinajstić information content (AvgIpc) is 2.79. The van der Waals surface area contributed by atoms with Gasteiger partial charge < -0.3 is 15.5 Å². The summed E-state index contributed by atoms with van der Waals surface area (Å²) >= 11 is 0. The number of aromatic nitrogens is 3. The maximum absolute atomic E-state index is 12.1. The third kappa shape index (κ3) is 6.70. The van der Waals surface area contributed by atoms with Crippen molar-refractivity contribution in [3.8, 4) is 0 Å². The second-order valence-electron chi connectivity index (χ2n) is 6.87. The lowest BCUT2D eigenvalue weighted by Crippen LogP contribution is -2.34. The molecule has 3 N–H and O–H groups in total. The molecule has 1 amide bonds. The highest BCUT2D eigenvalue weighted by Gasteiger charge is 2.12. The molecular weight excluding hydrogens is 382 g/mol. The van der Waals surface area contributed by atoms with Crippen LogP contribution in [0.4, 0.5) is 0 Å². The highest BCUT2D eigenvalue weighted by atomic mass is 16.3. The number of aliphatic hydroxyl groups is 2. The van der Waals surface area contributed by atoms with E-state index in [1.165, 1.54) is 6.20 Å². The molecule has 3 aromatic heterocycles. The SMILES string of the molecule is O=C(NC[C@@H](O)CO)c1ccc(CN(Cc2ccccn2)Cc2ccccn2)nc1. The Hall–Kier alpha value is -3.20. The molecule has 3 heterocycles. The molecule has 0 aliphatic carbocycles. The Morgan fingerprint density at radius 3 is 1.97 bits per heavy atom. The number of pyridine rings is 3. The van der Waals surface area contributed by atoms with E-state index in [0.29, 0.717) is 25.2 Å². The molecule has 0 fully saturated rings. The van der Waals surface area contributed by atoms with Crippen LogP contribution in [0, 0.1) is 0 Å². The predicted octanol–water partition coefficient (Wildman–Crippen LogP) is 1.16. The summed E-state index contributed by atoms with van der Waals surface area (Å²) in [6.07, 6.45) is 4.07. The number of carbonyl (C=O) groups excluding carboxylic acids is 1. The first-order valence-corrected chi connectivity index (χ1v) is 9.68. The number of carbonyl (C=O) groups is 1. The molecule has 156 valence electrons. The second kappa shape index (κ2) is 11.1. The van der Waals surface area contributed by atoms with Crippen molar-refractivity contribution in [2.24, 2.45) is 0 Å². The summed E-state index contributed by atoms with van der Waals surface area (Å²) in [5, 5.41) is 20.7. The van der Waals surface area contributed by atoms with Gasteiger partial charge in [0, 0.05) is 44.8 Å². The lowest BCUT2D eigenvalue weighted by Gasteiger charge is -2.21. The van der Waals surface area contributed by atoms with Gasteiger partial charge in [0.2, 0.25) is 0 Å². The standard InChI is InChI=1S/C22H25N5O3/c28-16-21(29)12-26-22(30)17-7-8-20(25-11-17)15-27(13-18-5-1-3-9-23-18)14-19-6-2-4-10-24-19/h1-11,21,28-29H,12-16H2,(H,26,30)/t21-/m1/s1. The Kier molecular flexibility index (Phi) is 7.96. The Balaban J connectivity index is 1.66. The number of nitrogens with one attached hydrogen (secondary N) is 1. The van der Waals surface area contributed by atoms with E-state index < -0.39 is 12.7 Å². The fourth-order valence-corrected chi connectivity index (χ4v) is 2.87. The third-order valence-corrected chi connectivity index (χ3v) is 4.41. The van der Waals surface area contributed by atoms with Crippen molar-refractivity contribution in [2.45, 2.75) is 25.7 Å². The van der Waals surface area contributed by atoms with Gasteiger partial charge in [0.15, 0.2) is 0 Å². The number of amides is 1. The van der Waals surface area contributed by atoms with E-state index in [4.69, 9.17) is 5.11 Å². The zero-order valence-corrected chi connectivity index (χ0v) is 16.6. The van der Waals surface area contributed by atoms with Crippen molar-refractivity contribution < 1.29 is 15.0 Å². The summed E-state index contributed by atoms with van der Waals surface area (Å²) in [4.78, 5) is 27.5. The van der Waals surface area contributed by atoms with Crippen LogP contribution in [0.25, 0.3) is 0 Å². The molecule has 1 atom stereocenters. The number of nitrogens with zero attached hydrogens (tertiary/aromatic N) is 4. The molecular formula is C22H25N5O3. The Bertz CT molecular complexity index is 866. The van der Waals surface area contributed by atoms with Crippen LogP contribution in [0.1, 0.15) is 27.4 Å². The highest BCUT2D eigenvalue weighted by molar-refractivity contribution is 5.93. The van der Waals surface area contributed by atoms with Gasteiger partial charge in [-0.15, -0.1) is 0 Å². The van der Waals surface area contributed by atoms with Gasteiger partial charge in [-0.2, -0.15) is 0 Å². The molecule has 3 rings (SSSR count). The average molecular weight is 407 g/mol. The zero-order chi connectivity index (χ0) is 21.2. The number of aliphatic hydroxyl groups excluding tert-OH is 2. The van der Waals surface area contributed by atoms with Crippen LogP contribution in [0.3, 0.4) is 0 Å². The van der Waals surface area contributed by atoms with Gasteiger partial charge in [-0.25, -0.2) is 0 Å². The summed E-state index contributed by atoms with van der Waals surface area (Å²) in [6.45, 7) is 1.43. The smallest absolute Gasteiger partial charge is 0.252 e. The lowest BCUT2D eigenvalue weighted by molar-refractivity contribution is 0.0801. The lowest BCUT2D eigenvalue weighted by atomic mass is 10.2. The van der Waals surface area contributed by atoms with Crippen LogP contribution in [0.15, 0.2) is 67.1 Å². The van der Waals surface area contributed by atoms with E-state index in [2.05, 4.69) is 25.2 Å². The summed E-state index contributed by atoms with van der Waals surface area (Å²) in [7, 11) is 0. The van der Waals surface area contributed by atoms with Crippen LogP contribution >= 0.6 is 0 Å². The molecule has 0 aromatic carbocycles. The summed E-state index contributed by atoms with van der Waals surface area (Å²) in [5.74, 6) is -0.347. The van der Waals surface area contributed by atoms with Crippen molar-refractivity contribution in [3.63, 3.8) is 0 Å². The van der Waals surface area contributed by atoms with Gasteiger partial charge in [0.05, 0.1) is 35.4 Å². The monoisotopic (exact) mass is 407 g/mol. The van der Waals surface area contributed by atoms with Crippen molar-refractivity contribution >= 4 is 5.91 Å². The maximum atomic E-state index is 12.1. The van der Waals surface area contributed by atoms with Gasteiger partial charge in [-0.1, -0.05) is 12.1 Å². The van der Waals surface area contributed by atoms with Crippen molar-refractivity contribution in [3.05, 3.63) is 89.8 Å². The second-order valence-corrected chi connectivity index (χ2v) is 6.87. The minimum absolute atomic E-state index is 0.0149. The molecule has 0 aliphatic heterocycles. The van der Waals surface area contributed by atoms with Gasteiger partial charge in [0.25, 0.3) is 5.91 Å². The molecule has 0 bridgehead atoms. The molecule has 0 aliphatic rings. The minimum Gasteiger partial charge on any atom is -0.394 e. The predicted molar refractivity (Wildman–Crippen MR) is 111 cm³/mol. The Morgan fingerprint density at radius 1 is 0.900 bits per heavy atom. The van der Waals surface area contributed by atoms with Crippen LogP contribution in [0.2, 0.25) is 0 Å². The van der Waals surface area contributed by atoms with Gasteiger partial charge in [-0.3, -0.25) is 24.6 Å². The molecule has 3 aromatic rings. The van der Waals surface area contributed by atoms with Gasteiger partial charge in [0.1, 0.15) is 0 Å². The van der Waals surface area contributed by atoms with Gasteiger partial charge >= 0.3 is 0 Å². The summed E-state index contributed by atoms with van der Waals surface area (Å²) < 4.78 is 0. The molecule has 0 saturated heterocycles. The largest absolute Gasteiger partial charge is 0.394 e. The molecule has 0 spiro atoms. The maximum Gasteiger partial charge on any atom is 0.252 e. The number of rotatable bonds is 10. The van der Waals surface area contributed by atoms with Crippen LogP contribution in [-0.2, 0) is 19.6 Å². The number of hydrogen-bond donors (Lipinski definition) is 3. The van der Waals surface area contributed by atoms with Crippen LogP contribution in [-0.4, -0.2) is 55.2 Å². The molecule has 8 nitrogen and oxygen atoms in total. The van der Waals surface area contributed by atoms with Crippen LogP contribution < -0.4 is 5.32 Å². The fourth-order valence-electron chi connectivity index (χ4n) is 2.87. The van der Waals surface area contributed by atoms with E-state index in [1.54, 1.807) is 24.5 Å². The minimum atomic E-state index is -0.979.